The highest BCUT2D eigenvalue weighted by Gasteiger charge is 2.22. The molecular weight excluding hydrogens is 431 g/mol. The van der Waals surface area contributed by atoms with Gasteiger partial charge in [0, 0.05) is 38.9 Å². The second-order valence-corrected chi connectivity index (χ2v) is 6.54. The van der Waals surface area contributed by atoms with Gasteiger partial charge in [0.05, 0.1) is 19.8 Å². The first kappa shape index (κ1) is 24.9. The van der Waals surface area contributed by atoms with E-state index in [-0.39, 0.29) is 24.0 Å². The number of hydrogen-bond donors (Lipinski definition) is 2. The molecule has 2 N–H and O–H groups in total. The summed E-state index contributed by atoms with van der Waals surface area (Å²) in [5.74, 6) is 0.908. The number of guanidine groups is 1. The first-order valence-corrected chi connectivity index (χ1v) is 9.53. The van der Waals surface area contributed by atoms with Crippen molar-refractivity contribution in [1.29, 1.82) is 0 Å². The summed E-state index contributed by atoms with van der Waals surface area (Å²) in [5.41, 5.74) is 0. The molecule has 1 aliphatic heterocycles. The molecule has 0 bridgehead atoms. The van der Waals surface area contributed by atoms with Crippen LogP contribution in [0, 0.1) is 0 Å². The Bertz CT molecular complexity index is 345. The normalized spacial score (nSPS) is 20.0. The number of hydrogen-bond acceptors (Lipinski definition) is 4. The number of rotatable bonds is 11. The summed E-state index contributed by atoms with van der Waals surface area (Å²) in [6.45, 7) is 12.6. The quantitative estimate of drug-likeness (QED) is 0.210. The second kappa shape index (κ2) is 16.1. The number of nitrogens with zero attached hydrogens (tertiary/aromatic N) is 2. The summed E-state index contributed by atoms with van der Waals surface area (Å²) < 4.78 is 10.4. The first-order chi connectivity index (χ1) is 11.7. The molecule has 1 aliphatic rings. The van der Waals surface area contributed by atoms with Gasteiger partial charge in [-0.15, -0.1) is 24.0 Å². The van der Waals surface area contributed by atoms with Crippen molar-refractivity contribution in [3.63, 3.8) is 0 Å². The predicted molar refractivity (Wildman–Crippen MR) is 116 cm³/mol. The van der Waals surface area contributed by atoms with Crippen molar-refractivity contribution in [2.45, 2.75) is 58.5 Å². The molecule has 0 aromatic heterocycles. The fourth-order valence-electron chi connectivity index (χ4n) is 3.07. The molecule has 150 valence electrons. The molecule has 25 heavy (non-hydrogen) atoms. The third-order valence-corrected chi connectivity index (χ3v) is 4.47. The van der Waals surface area contributed by atoms with Crippen molar-refractivity contribution < 1.29 is 9.47 Å². The van der Waals surface area contributed by atoms with E-state index in [1.54, 1.807) is 7.11 Å². The molecule has 0 aromatic rings. The molecule has 7 heteroatoms. The van der Waals surface area contributed by atoms with Crippen molar-refractivity contribution in [3.05, 3.63) is 0 Å². The van der Waals surface area contributed by atoms with Crippen LogP contribution in [0.2, 0.25) is 0 Å². The summed E-state index contributed by atoms with van der Waals surface area (Å²) in [7, 11) is 1.69. The number of methoxy groups -OCH3 is 1. The summed E-state index contributed by atoms with van der Waals surface area (Å²) in [6, 6.07) is 1.18. The van der Waals surface area contributed by atoms with Gasteiger partial charge in [-0.3, -0.25) is 9.89 Å². The fourth-order valence-corrected chi connectivity index (χ4v) is 3.07. The average molecular weight is 470 g/mol. The smallest absolute Gasteiger partial charge is 0.191 e. The Morgan fingerprint density at radius 1 is 1.24 bits per heavy atom. The van der Waals surface area contributed by atoms with Crippen molar-refractivity contribution in [3.8, 4) is 0 Å². The zero-order valence-electron chi connectivity index (χ0n) is 16.6. The molecule has 1 rings (SSSR count). The lowest BCUT2D eigenvalue weighted by atomic mass is 10.0. The van der Waals surface area contributed by atoms with Crippen LogP contribution < -0.4 is 10.6 Å². The molecule has 1 saturated heterocycles. The molecule has 1 fully saturated rings. The number of aliphatic imine (C=N–C) groups is 1. The molecule has 0 spiro atoms. The number of nitrogens with one attached hydrogen (secondary N) is 2. The lowest BCUT2D eigenvalue weighted by Crippen LogP contribution is -2.45. The molecule has 1 heterocycles. The molecule has 0 saturated carbocycles. The maximum absolute atomic E-state index is 5.47. The van der Waals surface area contributed by atoms with Crippen LogP contribution in [0.5, 0.6) is 0 Å². The van der Waals surface area contributed by atoms with Gasteiger partial charge >= 0.3 is 0 Å². The van der Waals surface area contributed by atoms with Gasteiger partial charge in [-0.2, -0.15) is 0 Å². The topological polar surface area (TPSA) is 58.1 Å². The third kappa shape index (κ3) is 11.2. The standard InChI is InChI=1S/C18H38N4O2.HI/c1-5-19-18(20-10-8-12-24-14-13-23-4)21-15-17(3)22-11-7-6-9-16(22)2;/h16-17H,5-15H2,1-4H3,(H2,19,20,21);1H. The number of halogens is 1. The van der Waals surface area contributed by atoms with Crippen LogP contribution in [-0.2, 0) is 9.47 Å². The Balaban J connectivity index is 0.00000576. The first-order valence-electron chi connectivity index (χ1n) is 9.53. The Labute approximate surface area is 171 Å². The van der Waals surface area contributed by atoms with E-state index in [9.17, 15) is 0 Å². The average Bonchev–Trinajstić information content (AvgIpc) is 2.59. The van der Waals surface area contributed by atoms with E-state index in [1.165, 1.54) is 25.8 Å². The van der Waals surface area contributed by atoms with E-state index in [1.807, 2.05) is 0 Å². The molecule has 0 amide bonds. The predicted octanol–water partition coefficient (Wildman–Crippen LogP) is 2.48. The highest BCUT2D eigenvalue weighted by atomic mass is 127. The van der Waals surface area contributed by atoms with E-state index in [0.717, 1.165) is 38.6 Å². The highest BCUT2D eigenvalue weighted by molar-refractivity contribution is 14.0. The van der Waals surface area contributed by atoms with E-state index in [2.05, 4.69) is 36.3 Å². The zero-order valence-corrected chi connectivity index (χ0v) is 18.9. The minimum Gasteiger partial charge on any atom is -0.382 e. The maximum atomic E-state index is 5.47. The van der Waals surface area contributed by atoms with Gasteiger partial charge in [0.2, 0.25) is 0 Å². The Hall–Kier alpha value is -0.120. The molecule has 0 radical (unpaired) electrons. The molecular formula is C18H39IN4O2. The largest absolute Gasteiger partial charge is 0.382 e. The number of ether oxygens (including phenoxy) is 2. The van der Waals surface area contributed by atoms with Crippen LogP contribution in [0.25, 0.3) is 0 Å². The molecule has 0 aliphatic carbocycles. The van der Waals surface area contributed by atoms with Crippen LogP contribution in [0.4, 0.5) is 0 Å². The van der Waals surface area contributed by atoms with Crippen molar-refractivity contribution in [1.82, 2.24) is 15.5 Å². The minimum absolute atomic E-state index is 0. The second-order valence-electron chi connectivity index (χ2n) is 6.54. The monoisotopic (exact) mass is 470 g/mol. The van der Waals surface area contributed by atoms with E-state index in [4.69, 9.17) is 14.5 Å². The third-order valence-electron chi connectivity index (χ3n) is 4.47. The SMILES string of the molecule is CCNC(=NCC(C)N1CCCCC1C)NCCCOCCOC.I. The molecule has 2 unspecified atom stereocenters. The van der Waals surface area contributed by atoms with Gasteiger partial charge < -0.3 is 20.1 Å². The zero-order chi connectivity index (χ0) is 17.6. The Morgan fingerprint density at radius 2 is 2.04 bits per heavy atom. The van der Waals surface area contributed by atoms with Gasteiger partial charge in [-0.05, 0) is 46.6 Å². The number of likely N-dealkylation sites (tertiary alicyclic amines) is 1. The lowest BCUT2D eigenvalue weighted by molar-refractivity contribution is 0.0698. The van der Waals surface area contributed by atoms with Gasteiger partial charge in [0.1, 0.15) is 0 Å². The van der Waals surface area contributed by atoms with E-state index < -0.39 is 0 Å². The summed E-state index contributed by atoms with van der Waals surface area (Å²) in [4.78, 5) is 7.36. The van der Waals surface area contributed by atoms with Crippen molar-refractivity contribution in [2.24, 2.45) is 4.99 Å². The van der Waals surface area contributed by atoms with Crippen molar-refractivity contribution in [2.75, 3.05) is 53.1 Å². The van der Waals surface area contributed by atoms with Crippen molar-refractivity contribution >= 4 is 29.9 Å². The van der Waals surface area contributed by atoms with Gasteiger partial charge in [-0.25, -0.2) is 0 Å². The highest BCUT2D eigenvalue weighted by Crippen LogP contribution is 2.18. The summed E-state index contributed by atoms with van der Waals surface area (Å²) >= 11 is 0. The molecule has 2 atom stereocenters. The summed E-state index contributed by atoms with van der Waals surface area (Å²) in [6.07, 6.45) is 4.96. The van der Waals surface area contributed by atoms with Crippen LogP contribution in [0.15, 0.2) is 4.99 Å². The fraction of sp³-hybridized carbons (Fsp3) is 0.944. The molecule has 6 nitrogen and oxygen atoms in total. The minimum atomic E-state index is 0. The van der Waals surface area contributed by atoms with Crippen LogP contribution in [0.3, 0.4) is 0 Å². The summed E-state index contributed by atoms with van der Waals surface area (Å²) in [5, 5.41) is 6.71. The van der Waals surface area contributed by atoms with E-state index >= 15 is 0 Å². The van der Waals surface area contributed by atoms with Gasteiger partial charge in [0.25, 0.3) is 0 Å². The maximum Gasteiger partial charge on any atom is 0.191 e. The van der Waals surface area contributed by atoms with Gasteiger partial charge in [0.15, 0.2) is 5.96 Å². The van der Waals surface area contributed by atoms with E-state index in [0.29, 0.717) is 25.3 Å². The molecule has 0 aromatic carbocycles. The number of piperidine rings is 1. The van der Waals surface area contributed by atoms with Crippen LogP contribution in [0.1, 0.15) is 46.5 Å². The van der Waals surface area contributed by atoms with Crippen LogP contribution >= 0.6 is 24.0 Å². The lowest BCUT2D eigenvalue weighted by Gasteiger charge is -2.37. The van der Waals surface area contributed by atoms with Gasteiger partial charge in [-0.1, -0.05) is 6.42 Å². The Kier molecular flexibility index (Phi) is 16.0. The van der Waals surface area contributed by atoms with Crippen LogP contribution in [-0.4, -0.2) is 76.1 Å². The Morgan fingerprint density at radius 3 is 2.72 bits per heavy atom.